The lowest BCUT2D eigenvalue weighted by Crippen LogP contribution is -2.23. The summed E-state index contributed by atoms with van der Waals surface area (Å²) in [5.74, 6) is -0.604. The second-order valence-electron chi connectivity index (χ2n) is 3.84. The smallest absolute Gasteiger partial charge is 0.230 e. The van der Waals surface area contributed by atoms with Crippen LogP contribution >= 0.6 is 0 Å². The predicted octanol–water partition coefficient (Wildman–Crippen LogP) is 0.595. The molecule has 0 bridgehead atoms. The van der Waals surface area contributed by atoms with Crippen molar-refractivity contribution < 1.29 is 9.59 Å². The molecule has 1 aliphatic heterocycles. The first kappa shape index (κ1) is 9.83. The van der Waals surface area contributed by atoms with Gasteiger partial charge in [0.05, 0.1) is 5.92 Å². The minimum Gasteiger partial charge on any atom is -0.296 e. The van der Waals surface area contributed by atoms with Crippen LogP contribution in [-0.2, 0) is 16.0 Å². The van der Waals surface area contributed by atoms with E-state index in [0.717, 1.165) is 11.3 Å². The summed E-state index contributed by atoms with van der Waals surface area (Å²) in [6.45, 7) is 1.96. The third-order valence-corrected chi connectivity index (χ3v) is 2.49. The third kappa shape index (κ3) is 2.21. The van der Waals surface area contributed by atoms with Crippen LogP contribution in [0.1, 0.15) is 17.7 Å². The molecule has 1 aliphatic rings. The van der Waals surface area contributed by atoms with Crippen molar-refractivity contribution in [2.24, 2.45) is 5.92 Å². The van der Waals surface area contributed by atoms with Crippen LogP contribution in [0.4, 0.5) is 0 Å². The van der Waals surface area contributed by atoms with Gasteiger partial charge in [0.1, 0.15) is 0 Å². The van der Waals surface area contributed by atoms with Crippen LogP contribution < -0.4 is 5.32 Å². The van der Waals surface area contributed by atoms with Crippen molar-refractivity contribution in [2.75, 3.05) is 0 Å². The number of carbonyl (C=O) groups excluding carboxylic acids is 2. The Kier molecular flexibility index (Phi) is 2.49. The molecule has 0 aliphatic carbocycles. The van der Waals surface area contributed by atoms with Gasteiger partial charge in [-0.15, -0.1) is 0 Å². The summed E-state index contributed by atoms with van der Waals surface area (Å²) in [5.41, 5.74) is 1.95. The van der Waals surface area contributed by atoms with Crippen molar-refractivity contribution in [1.29, 1.82) is 0 Å². The molecule has 15 heavy (non-hydrogen) atoms. The highest BCUT2D eigenvalue weighted by Gasteiger charge is 2.30. The Bertz CT molecular complexity index is 398. The Balaban J connectivity index is 2.06. The lowest BCUT2D eigenvalue weighted by Gasteiger charge is -2.04. The van der Waals surface area contributed by atoms with Gasteiger partial charge in [0.15, 0.2) is 0 Å². The Hall–Kier alpha value is -1.71. The molecule has 1 atom stereocenters. The van der Waals surface area contributed by atoms with Gasteiger partial charge in [-0.25, -0.2) is 0 Å². The summed E-state index contributed by atoms with van der Waals surface area (Å²) in [5, 5.41) is 2.29. The van der Waals surface area contributed by atoms with Crippen LogP contribution in [-0.4, -0.2) is 16.8 Å². The van der Waals surface area contributed by atoms with Crippen molar-refractivity contribution in [3.05, 3.63) is 29.6 Å². The zero-order valence-corrected chi connectivity index (χ0v) is 8.49. The average molecular weight is 204 g/mol. The van der Waals surface area contributed by atoms with Gasteiger partial charge in [-0.2, -0.15) is 0 Å². The van der Waals surface area contributed by atoms with E-state index < -0.39 is 0 Å². The summed E-state index contributed by atoms with van der Waals surface area (Å²) in [6.07, 6.45) is 2.59. The molecule has 0 radical (unpaired) electrons. The fraction of sp³-hybridized carbons (Fsp3) is 0.364. The number of aromatic nitrogens is 1. The summed E-state index contributed by atoms with van der Waals surface area (Å²) in [7, 11) is 0. The number of carbonyl (C=O) groups is 2. The molecular formula is C11H12N2O2. The normalized spacial score (nSPS) is 20.5. The standard InChI is InChI=1S/C11H12N2O2/c1-7-2-3-9(12-6-7)4-8-5-10(14)13-11(8)15/h2-3,6,8H,4-5H2,1H3,(H,13,14,15). The highest BCUT2D eigenvalue weighted by Crippen LogP contribution is 2.15. The van der Waals surface area contributed by atoms with Gasteiger partial charge in [-0.05, 0) is 18.6 Å². The lowest BCUT2D eigenvalue weighted by molar-refractivity contribution is -0.125. The molecule has 0 spiro atoms. The molecule has 2 rings (SSSR count). The predicted molar refractivity (Wildman–Crippen MR) is 53.9 cm³/mol. The zero-order chi connectivity index (χ0) is 10.8. The maximum atomic E-state index is 11.3. The minimum absolute atomic E-state index is 0.178. The quantitative estimate of drug-likeness (QED) is 0.717. The molecule has 0 aromatic carbocycles. The van der Waals surface area contributed by atoms with E-state index in [9.17, 15) is 9.59 Å². The van der Waals surface area contributed by atoms with E-state index in [0.29, 0.717) is 6.42 Å². The van der Waals surface area contributed by atoms with E-state index >= 15 is 0 Å². The molecule has 4 heteroatoms. The van der Waals surface area contributed by atoms with Gasteiger partial charge in [0, 0.05) is 24.7 Å². The van der Waals surface area contributed by atoms with Gasteiger partial charge in [0.25, 0.3) is 0 Å². The first-order chi connectivity index (χ1) is 7.15. The number of nitrogens with one attached hydrogen (secondary N) is 1. The molecule has 1 unspecified atom stereocenters. The van der Waals surface area contributed by atoms with E-state index in [-0.39, 0.29) is 24.2 Å². The van der Waals surface area contributed by atoms with Gasteiger partial charge < -0.3 is 0 Å². The lowest BCUT2D eigenvalue weighted by atomic mass is 10.0. The van der Waals surface area contributed by atoms with E-state index in [2.05, 4.69) is 10.3 Å². The van der Waals surface area contributed by atoms with E-state index in [1.54, 1.807) is 6.20 Å². The number of nitrogens with zero attached hydrogens (tertiary/aromatic N) is 1. The van der Waals surface area contributed by atoms with Crippen LogP contribution in [0.3, 0.4) is 0 Å². The molecule has 78 valence electrons. The van der Waals surface area contributed by atoms with Crippen molar-refractivity contribution in [3.8, 4) is 0 Å². The molecule has 4 nitrogen and oxygen atoms in total. The molecule has 1 aromatic heterocycles. The topological polar surface area (TPSA) is 59.1 Å². The molecule has 1 N–H and O–H groups in total. The number of rotatable bonds is 2. The fourth-order valence-corrected chi connectivity index (χ4v) is 1.64. The van der Waals surface area contributed by atoms with Crippen LogP contribution in [0.25, 0.3) is 0 Å². The molecule has 2 amide bonds. The molecular weight excluding hydrogens is 192 g/mol. The number of pyridine rings is 1. The highest BCUT2D eigenvalue weighted by atomic mass is 16.2. The van der Waals surface area contributed by atoms with E-state index in [1.165, 1.54) is 0 Å². The first-order valence-corrected chi connectivity index (χ1v) is 4.90. The minimum atomic E-state index is -0.243. The second kappa shape index (κ2) is 3.81. The zero-order valence-electron chi connectivity index (χ0n) is 8.49. The molecule has 1 saturated heterocycles. The Morgan fingerprint density at radius 3 is 2.80 bits per heavy atom. The van der Waals surface area contributed by atoms with Crippen molar-refractivity contribution in [2.45, 2.75) is 19.8 Å². The monoisotopic (exact) mass is 204 g/mol. The van der Waals surface area contributed by atoms with E-state index in [4.69, 9.17) is 0 Å². The van der Waals surface area contributed by atoms with Gasteiger partial charge in [-0.3, -0.25) is 19.9 Å². The summed E-state index contributed by atoms with van der Waals surface area (Å²) in [6, 6.07) is 3.85. The summed E-state index contributed by atoms with van der Waals surface area (Å²) >= 11 is 0. The van der Waals surface area contributed by atoms with Crippen LogP contribution in [0.5, 0.6) is 0 Å². The third-order valence-electron chi connectivity index (χ3n) is 2.49. The largest absolute Gasteiger partial charge is 0.296 e. The van der Waals surface area contributed by atoms with Crippen LogP contribution in [0.2, 0.25) is 0 Å². The van der Waals surface area contributed by atoms with Crippen molar-refractivity contribution >= 4 is 11.8 Å². The maximum Gasteiger partial charge on any atom is 0.230 e. The number of hydrogen-bond acceptors (Lipinski definition) is 3. The fourth-order valence-electron chi connectivity index (χ4n) is 1.64. The number of aryl methyl sites for hydroxylation is 1. The SMILES string of the molecule is Cc1ccc(CC2CC(=O)NC2=O)nc1. The number of imide groups is 1. The molecule has 2 heterocycles. The summed E-state index contributed by atoms with van der Waals surface area (Å²) in [4.78, 5) is 26.5. The van der Waals surface area contributed by atoms with Crippen LogP contribution in [0, 0.1) is 12.8 Å². The highest BCUT2D eigenvalue weighted by molar-refractivity contribution is 6.03. The Morgan fingerprint density at radius 1 is 1.47 bits per heavy atom. The van der Waals surface area contributed by atoms with Gasteiger partial charge >= 0.3 is 0 Å². The van der Waals surface area contributed by atoms with Crippen LogP contribution in [0.15, 0.2) is 18.3 Å². The molecule has 0 saturated carbocycles. The van der Waals surface area contributed by atoms with Gasteiger partial charge in [0.2, 0.25) is 11.8 Å². The average Bonchev–Trinajstić information content (AvgIpc) is 2.49. The second-order valence-corrected chi connectivity index (χ2v) is 3.84. The Morgan fingerprint density at radius 2 is 2.27 bits per heavy atom. The van der Waals surface area contributed by atoms with E-state index in [1.807, 2.05) is 19.1 Å². The molecule has 1 aromatic rings. The van der Waals surface area contributed by atoms with Crippen molar-refractivity contribution in [3.63, 3.8) is 0 Å². The Labute approximate surface area is 87.7 Å². The first-order valence-electron chi connectivity index (χ1n) is 4.90. The maximum absolute atomic E-state index is 11.3. The number of hydrogen-bond donors (Lipinski definition) is 1. The number of amides is 2. The summed E-state index contributed by atoms with van der Waals surface area (Å²) < 4.78 is 0. The molecule has 1 fully saturated rings. The van der Waals surface area contributed by atoms with Gasteiger partial charge in [-0.1, -0.05) is 6.07 Å². The van der Waals surface area contributed by atoms with Crippen molar-refractivity contribution in [1.82, 2.24) is 10.3 Å².